The lowest BCUT2D eigenvalue weighted by Crippen LogP contribution is -2.50. The van der Waals surface area contributed by atoms with Crippen molar-refractivity contribution >= 4 is 18.0 Å². The van der Waals surface area contributed by atoms with Crippen molar-refractivity contribution in [1.82, 2.24) is 10.2 Å². The van der Waals surface area contributed by atoms with Crippen molar-refractivity contribution in [2.45, 2.75) is 50.6 Å². The average molecular weight is 527 g/mol. The Bertz CT molecular complexity index is 1280. The molecule has 1 fully saturated rings. The van der Waals surface area contributed by atoms with Crippen LogP contribution in [0.25, 0.3) is 11.1 Å². The summed E-state index contributed by atoms with van der Waals surface area (Å²) < 4.78 is 5.75. The summed E-state index contributed by atoms with van der Waals surface area (Å²) in [5, 5.41) is 12.2. The zero-order valence-electron chi connectivity index (χ0n) is 21.9. The molecule has 0 bridgehead atoms. The standard InChI is InChI=1S/C32H34N2O5/c35-30(36)18-19-34(20-22-10-2-1-3-11-22)31(37)27-16-8-9-17-29(27)33-32(38)39-21-28-25-14-6-4-12-23(25)24-13-5-7-15-26(24)28/h1-7,10-15,27-29H,8-9,16-21H2,(H,33,38)(H,35,36). The van der Waals surface area contributed by atoms with Gasteiger partial charge in [-0.3, -0.25) is 9.59 Å². The van der Waals surface area contributed by atoms with Crippen LogP contribution < -0.4 is 5.32 Å². The smallest absolute Gasteiger partial charge is 0.407 e. The number of nitrogens with zero attached hydrogens (tertiary/aromatic N) is 1. The van der Waals surface area contributed by atoms with Gasteiger partial charge < -0.3 is 20.1 Å². The van der Waals surface area contributed by atoms with E-state index < -0.39 is 18.0 Å². The monoisotopic (exact) mass is 526 g/mol. The third-order valence-corrected chi connectivity index (χ3v) is 7.85. The molecule has 0 saturated heterocycles. The van der Waals surface area contributed by atoms with Crippen LogP contribution in [0.15, 0.2) is 78.9 Å². The number of carbonyl (C=O) groups excluding carboxylic acids is 2. The first kappa shape index (κ1) is 26.5. The summed E-state index contributed by atoms with van der Waals surface area (Å²) in [6.45, 7) is 0.669. The Labute approximate surface area is 228 Å². The van der Waals surface area contributed by atoms with Crippen LogP contribution in [-0.2, 0) is 20.9 Å². The molecule has 0 spiro atoms. The molecule has 7 nitrogen and oxygen atoms in total. The number of ether oxygens (including phenoxy) is 1. The molecule has 0 aromatic heterocycles. The minimum atomic E-state index is -0.946. The lowest BCUT2D eigenvalue weighted by atomic mass is 9.83. The Balaban J connectivity index is 1.25. The number of alkyl carbamates (subject to hydrolysis) is 1. The number of hydrogen-bond donors (Lipinski definition) is 2. The summed E-state index contributed by atoms with van der Waals surface area (Å²) in [6.07, 6.45) is 2.46. The highest BCUT2D eigenvalue weighted by Gasteiger charge is 2.36. The van der Waals surface area contributed by atoms with Crippen LogP contribution >= 0.6 is 0 Å². The number of carboxylic acid groups (broad SMARTS) is 1. The molecular weight excluding hydrogens is 492 g/mol. The third-order valence-electron chi connectivity index (χ3n) is 7.85. The Kier molecular flexibility index (Phi) is 8.25. The van der Waals surface area contributed by atoms with Gasteiger partial charge in [0.2, 0.25) is 5.91 Å². The average Bonchev–Trinajstić information content (AvgIpc) is 3.28. The largest absolute Gasteiger partial charge is 0.481 e. The van der Waals surface area contributed by atoms with Crippen molar-refractivity contribution in [2.75, 3.05) is 13.2 Å². The van der Waals surface area contributed by atoms with Crippen LogP contribution in [0.5, 0.6) is 0 Å². The first-order valence-corrected chi connectivity index (χ1v) is 13.7. The maximum Gasteiger partial charge on any atom is 0.407 e. The van der Waals surface area contributed by atoms with E-state index in [-0.39, 0.29) is 37.4 Å². The summed E-state index contributed by atoms with van der Waals surface area (Å²) in [5.41, 5.74) is 5.56. The normalized spacial score (nSPS) is 18.1. The van der Waals surface area contributed by atoms with Gasteiger partial charge in [-0.2, -0.15) is 0 Å². The van der Waals surface area contributed by atoms with Gasteiger partial charge in [-0.25, -0.2) is 4.79 Å². The Morgan fingerprint density at radius 2 is 1.46 bits per heavy atom. The lowest BCUT2D eigenvalue weighted by Gasteiger charge is -2.35. The van der Waals surface area contributed by atoms with E-state index in [1.165, 1.54) is 11.1 Å². The Hall–Kier alpha value is -4.13. The Morgan fingerprint density at radius 3 is 2.13 bits per heavy atom. The number of rotatable bonds is 9. The molecule has 39 heavy (non-hydrogen) atoms. The van der Waals surface area contributed by atoms with E-state index >= 15 is 0 Å². The van der Waals surface area contributed by atoms with Gasteiger partial charge in [-0.1, -0.05) is 91.7 Å². The van der Waals surface area contributed by atoms with E-state index in [4.69, 9.17) is 4.74 Å². The zero-order valence-corrected chi connectivity index (χ0v) is 21.9. The van der Waals surface area contributed by atoms with Crippen molar-refractivity contribution in [3.63, 3.8) is 0 Å². The minimum absolute atomic E-state index is 0.0377. The topological polar surface area (TPSA) is 95.9 Å². The summed E-state index contributed by atoms with van der Waals surface area (Å²) in [4.78, 5) is 39.6. The number of amides is 2. The van der Waals surface area contributed by atoms with Crippen LogP contribution in [0.1, 0.15) is 54.7 Å². The molecule has 1 saturated carbocycles. The van der Waals surface area contributed by atoms with Crippen LogP contribution in [0.2, 0.25) is 0 Å². The number of hydrogen-bond acceptors (Lipinski definition) is 4. The molecule has 202 valence electrons. The fourth-order valence-corrected chi connectivity index (χ4v) is 5.93. The minimum Gasteiger partial charge on any atom is -0.481 e. The molecule has 3 aromatic rings. The maximum absolute atomic E-state index is 13.7. The van der Waals surface area contributed by atoms with Crippen molar-refractivity contribution < 1.29 is 24.2 Å². The predicted molar refractivity (Wildman–Crippen MR) is 148 cm³/mol. The highest BCUT2D eigenvalue weighted by atomic mass is 16.5. The van der Waals surface area contributed by atoms with Gasteiger partial charge in [0, 0.05) is 25.0 Å². The molecule has 7 heteroatoms. The number of nitrogens with one attached hydrogen (secondary N) is 1. The molecule has 0 radical (unpaired) electrons. The lowest BCUT2D eigenvalue weighted by molar-refractivity contribution is -0.141. The highest BCUT2D eigenvalue weighted by Crippen LogP contribution is 2.44. The van der Waals surface area contributed by atoms with Gasteiger partial charge in [0.15, 0.2) is 0 Å². The van der Waals surface area contributed by atoms with Crippen LogP contribution in [0, 0.1) is 5.92 Å². The van der Waals surface area contributed by atoms with Gasteiger partial charge in [-0.05, 0) is 40.7 Å². The van der Waals surface area contributed by atoms with Gasteiger partial charge in [0.25, 0.3) is 0 Å². The van der Waals surface area contributed by atoms with E-state index in [9.17, 15) is 19.5 Å². The number of benzene rings is 3. The Morgan fingerprint density at radius 1 is 0.846 bits per heavy atom. The fraction of sp³-hybridized carbons (Fsp3) is 0.344. The van der Waals surface area contributed by atoms with Gasteiger partial charge in [0.1, 0.15) is 6.61 Å². The second-order valence-corrected chi connectivity index (χ2v) is 10.4. The van der Waals surface area contributed by atoms with Crippen LogP contribution in [0.3, 0.4) is 0 Å². The fourth-order valence-electron chi connectivity index (χ4n) is 5.93. The van der Waals surface area contributed by atoms with Crippen molar-refractivity contribution in [2.24, 2.45) is 5.92 Å². The van der Waals surface area contributed by atoms with Gasteiger partial charge >= 0.3 is 12.1 Å². The van der Waals surface area contributed by atoms with E-state index in [0.29, 0.717) is 19.4 Å². The first-order chi connectivity index (χ1) is 19.0. The summed E-state index contributed by atoms with van der Waals surface area (Å²) in [6, 6.07) is 25.6. The third kappa shape index (κ3) is 6.14. The molecule has 2 N–H and O–H groups in total. The summed E-state index contributed by atoms with van der Waals surface area (Å²) >= 11 is 0. The molecule has 2 atom stereocenters. The molecule has 0 heterocycles. The molecule has 2 aliphatic carbocycles. The van der Waals surface area contributed by atoms with Gasteiger partial charge in [-0.15, -0.1) is 0 Å². The van der Waals surface area contributed by atoms with Crippen molar-refractivity contribution in [3.05, 3.63) is 95.6 Å². The number of carboxylic acids is 1. The highest BCUT2D eigenvalue weighted by molar-refractivity contribution is 5.82. The number of aliphatic carboxylic acids is 1. The molecule has 3 aromatic carbocycles. The zero-order chi connectivity index (χ0) is 27.2. The molecule has 0 aliphatic heterocycles. The van der Waals surface area contributed by atoms with Gasteiger partial charge in [0.05, 0.1) is 12.3 Å². The second kappa shape index (κ2) is 12.2. The molecule has 2 amide bonds. The van der Waals surface area contributed by atoms with Crippen LogP contribution in [-0.4, -0.2) is 47.2 Å². The maximum atomic E-state index is 13.7. The van der Waals surface area contributed by atoms with Crippen molar-refractivity contribution in [3.8, 4) is 11.1 Å². The van der Waals surface area contributed by atoms with Crippen LogP contribution in [0.4, 0.5) is 4.79 Å². The van der Waals surface area contributed by atoms with E-state index in [1.807, 2.05) is 54.6 Å². The predicted octanol–water partition coefficient (Wildman–Crippen LogP) is 5.59. The van der Waals surface area contributed by atoms with E-state index in [0.717, 1.165) is 29.5 Å². The molecule has 5 rings (SSSR count). The summed E-state index contributed by atoms with van der Waals surface area (Å²) in [7, 11) is 0. The second-order valence-electron chi connectivity index (χ2n) is 10.4. The molecule has 2 aliphatic rings. The summed E-state index contributed by atoms with van der Waals surface area (Å²) in [5.74, 6) is -1.53. The SMILES string of the molecule is O=C(O)CCN(Cc1ccccc1)C(=O)C1CCCCC1NC(=O)OCC1c2ccccc2-c2ccccc21. The quantitative estimate of drug-likeness (QED) is 0.379. The molecule has 2 unspecified atom stereocenters. The number of carbonyl (C=O) groups is 3. The number of fused-ring (bicyclic) bond motifs is 3. The van der Waals surface area contributed by atoms with Crippen molar-refractivity contribution in [1.29, 1.82) is 0 Å². The first-order valence-electron chi connectivity index (χ1n) is 13.7. The molecular formula is C32H34N2O5. The van der Waals surface area contributed by atoms with E-state index in [2.05, 4.69) is 29.6 Å². The van der Waals surface area contributed by atoms with E-state index in [1.54, 1.807) is 4.90 Å².